The Kier molecular flexibility index (Phi) is 5.06. The Bertz CT molecular complexity index is 342. The number of carboxylic acid groups (broad SMARTS) is 1. The van der Waals surface area contributed by atoms with E-state index in [1.54, 1.807) is 24.3 Å². The number of phenolic OH excluding ortho intramolecular Hbond substituents is 1. The molecule has 0 bridgehead atoms. The van der Waals surface area contributed by atoms with E-state index in [1.807, 2.05) is 22.9 Å². The minimum atomic E-state index is -0.892. The number of aliphatic carboxylic acids is 1. The molecule has 0 saturated heterocycles. The molecule has 0 saturated carbocycles. The van der Waals surface area contributed by atoms with Crippen molar-refractivity contribution >= 4 is 51.4 Å². The normalized spacial score (nSPS) is 14.5. The number of rotatable bonds is 4. The van der Waals surface area contributed by atoms with Gasteiger partial charge in [0.25, 0.3) is 0 Å². The molecule has 0 aliphatic carbocycles. The Balaban J connectivity index is 2.87. The zero-order valence-corrected chi connectivity index (χ0v) is 11.8. The van der Waals surface area contributed by atoms with Crippen LogP contribution in [0, 0.1) is 0 Å². The van der Waals surface area contributed by atoms with Crippen LogP contribution >= 0.6 is 45.5 Å². The summed E-state index contributed by atoms with van der Waals surface area (Å²) in [5.74, 6) is -0.714. The first-order chi connectivity index (χ1) is 7.06. The fourth-order valence-electron chi connectivity index (χ4n) is 1.08. The highest BCUT2D eigenvalue weighted by atomic mass is 127. The third kappa shape index (κ3) is 3.45. The molecule has 3 N–H and O–H groups in total. The van der Waals surface area contributed by atoms with E-state index in [-0.39, 0.29) is 9.67 Å². The molecule has 0 aliphatic heterocycles. The van der Waals surface area contributed by atoms with Crippen molar-refractivity contribution in [2.24, 2.45) is 0 Å². The van der Waals surface area contributed by atoms with Crippen molar-refractivity contribution in [3.05, 3.63) is 29.8 Å². The predicted octanol–water partition coefficient (Wildman–Crippen LogP) is 2.26. The lowest BCUT2D eigenvalue weighted by atomic mass is 10.1. The van der Waals surface area contributed by atoms with Crippen molar-refractivity contribution in [1.82, 2.24) is 3.53 Å². The standard InChI is InChI=1S/C9H9I2NO3/c10-7(8(12-11)9(14)15)5-1-3-6(13)4-2-5/h1-4,7-8,12-13H,(H,14,15)/t7?,8-/m1/s1. The van der Waals surface area contributed by atoms with Gasteiger partial charge in [-0.05, 0) is 17.7 Å². The van der Waals surface area contributed by atoms with Gasteiger partial charge in [0.2, 0.25) is 0 Å². The van der Waals surface area contributed by atoms with Crippen LogP contribution in [0.25, 0.3) is 0 Å². The number of hydrogen-bond donors (Lipinski definition) is 3. The largest absolute Gasteiger partial charge is 0.508 e. The number of halogens is 2. The number of carbonyl (C=O) groups is 1. The molecule has 15 heavy (non-hydrogen) atoms. The van der Waals surface area contributed by atoms with Gasteiger partial charge in [0.05, 0.1) is 3.92 Å². The molecule has 1 aromatic carbocycles. The molecule has 0 fully saturated rings. The van der Waals surface area contributed by atoms with Crippen LogP contribution in [0.1, 0.15) is 9.49 Å². The van der Waals surface area contributed by atoms with Crippen LogP contribution < -0.4 is 3.53 Å². The van der Waals surface area contributed by atoms with Crippen LogP contribution in [-0.2, 0) is 4.79 Å². The number of benzene rings is 1. The zero-order chi connectivity index (χ0) is 11.4. The van der Waals surface area contributed by atoms with Crippen molar-refractivity contribution < 1.29 is 15.0 Å². The summed E-state index contributed by atoms with van der Waals surface area (Å²) in [5.41, 5.74) is 0.866. The van der Waals surface area contributed by atoms with Crippen LogP contribution in [0.2, 0.25) is 0 Å². The molecule has 0 spiro atoms. The first kappa shape index (κ1) is 13.0. The van der Waals surface area contributed by atoms with Gasteiger partial charge in [-0.25, -0.2) is 3.53 Å². The zero-order valence-electron chi connectivity index (χ0n) is 7.52. The summed E-state index contributed by atoms with van der Waals surface area (Å²) >= 11 is 3.90. The van der Waals surface area contributed by atoms with Gasteiger partial charge in [0.1, 0.15) is 11.8 Å². The van der Waals surface area contributed by atoms with E-state index in [4.69, 9.17) is 10.2 Å². The minimum Gasteiger partial charge on any atom is -0.508 e. The molecule has 1 aromatic rings. The van der Waals surface area contributed by atoms with Crippen LogP contribution in [-0.4, -0.2) is 22.2 Å². The van der Waals surface area contributed by atoms with Crippen molar-refractivity contribution in [3.63, 3.8) is 0 Å². The first-order valence-corrected chi connectivity index (χ1v) is 6.40. The van der Waals surface area contributed by atoms with Crippen LogP contribution in [0.4, 0.5) is 0 Å². The highest BCUT2D eigenvalue weighted by Crippen LogP contribution is 2.29. The molecular weight excluding hydrogens is 424 g/mol. The van der Waals surface area contributed by atoms with Gasteiger partial charge in [-0.1, -0.05) is 34.7 Å². The highest BCUT2D eigenvalue weighted by molar-refractivity contribution is 14.1. The summed E-state index contributed by atoms with van der Waals surface area (Å²) < 4.78 is 2.53. The first-order valence-electron chi connectivity index (χ1n) is 4.08. The van der Waals surface area contributed by atoms with Gasteiger partial charge >= 0.3 is 5.97 Å². The summed E-state index contributed by atoms with van der Waals surface area (Å²) in [6, 6.07) is 5.89. The number of aromatic hydroxyl groups is 1. The second-order valence-electron chi connectivity index (χ2n) is 2.92. The molecule has 0 aromatic heterocycles. The third-order valence-electron chi connectivity index (χ3n) is 1.89. The topological polar surface area (TPSA) is 69.6 Å². The maximum Gasteiger partial charge on any atom is 0.322 e. The van der Waals surface area contributed by atoms with Gasteiger partial charge < -0.3 is 10.2 Å². The summed E-state index contributed by atoms with van der Waals surface area (Å²) in [4.78, 5) is 10.9. The fraction of sp³-hybridized carbons (Fsp3) is 0.222. The van der Waals surface area contributed by atoms with Gasteiger partial charge in [-0.15, -0.1) is 0 Å². The Labute approximate surface area is 115 Å². The number of hydrogen-bond acceptors (Lipinski definition) is 3. The Morgan fingerprint density at radius 1 is 1.33 bits per heavy atom. The van der Waals surface area contributed by atoms with Crippen LogP contribution in [0.3, 0.4) is 0 Å². The third-order valence-corrected chi connectivity index (χ3v) is 4.00. The van der Waals surface area contributed by atoms with Crippen LogP contribution in [0.5, 0.6) is 5.75 Å². The summed E-state index contributed by atoms with van der Waals surface area (Å²) in [6.45, 7) is 0. The molecule has 6 heteroatoms. The van der Waals surface area contributed by atoms with Crippen molar-refractivity contribution in [1.29, 1.82) is 0 Å². The van der Waals surface area contributed by atoms with E-state index in [0.29, 0.717) is 0 Å². The average Bonchev–Trinajstić information content (AvgIpc) is 2.19. The number of carboxylic acids is 1. The second kappa shape index (κ2) is 5.85. The van der Waals surface area contributed by atoms with Gasteiger partial charge in [-0.3, -0.25) is 4.79 Å². The molecule has 1 rings (SSSR count). The monoisotopic (exact) mass is 433 g/mol. The van der Waals surface area contributed by atoms with E-state index in [1.165, 1.54) is 0 Å². The van der Waals surface area contributed by atoms with Crippen LogP contribution in [0.15, 0.2) is 24.3 Å². The molecule has 2 atom stereocenters. The lowest BCUT2D eigenvalue weighted by Gasteiger charge is -2.17. The van der Waals surface area contributed by atoms with E-state index in [0.717, 1.165) is 5.56 Å². The van der Waals surface area contributed by atoms with E-state index >= 15 is 0 Å². The van der Waals surface area contributed by atoms with E-state index in [2.05, 4.69) is 26.1 Å². The minimum absolute atomic E-state index is 0.177. The van der Waals surface area contributed by atoms with Crippen molar-refractivity contribution in [2.45, 2.75) is 9.97 Å². The molecule has 0 aliphatic rings. The van der Waals surface area contributed by atoms with Crippen molar-refractivity contribution in [2.75, 3.05) is 0 Å². The lowest BCUT2D eigenvalue weighted by molar-refractivity contribution is -0.138. The second-order valence-corrected chi connectivity index (χ2v) is 4.88. The predicted molar refractivity (Wildman–Crippen MR) is 73.4 cm³/mol. The van der Waals surface area contributed by atoms with Gasteiger partial charge in [-0.2, -0.15) is 0 Å². The number of nitrogens with one attached hydrogen (secondary N) is 1. The Morgan fingerprint density at radius 2 is 1.87 bits per heavy atom. The summed E-state index contributed by atoms with van der Waals surface area (Å²) in [7, 11) is 0. The molecule has 82 valence electrons. The number of alkyl halides is 1. The summed E-state index contributed by atoms with van der Waals surface area (Å²) in [6.07, 6.45) is 0. The highest BCUT2D eigenvalue weighted by Gasteiger charge is 2.26. The molecule has 0 radical (unpaired) electrons. The molecule has 1 unspecified atom stereocenters. The Morgan fingerprint density at radius 3 is 2.27 bits per heavy atom. The smallest absolute Gasteiger partial charge is 0.322 e. The average molecular weight is 433 g/mol. The van der Waals surface area contributed by atoms with Gasteiger partial charge in [0, 0.05) is 22.9 Å². The quantitative estimate of drug-likeness (QED) is 0.388. The number of phenols is 1. The SMILES string of the molecule is O=C(O)[C@H](NI)C(I)c1ccc(O)cc1. The van der Waals surface area contributed by atoms with E-state index in [9.17, 15) is 4.79 Å². The Hall–Kier alpha value is -0.0900. The van der Waals surface area contributed by atoms with E-state index < -0.39 is 12.0 Å². The maximum atomic E-state index is 10.9. The maximum absolute atomic E-state index is 10.9. The molecule has 4 nitrogen and oxygen atoms in total. The fourth-order valence-corrected chi connectivity index (χ4v) is 3.29. The lowest BCUT2D eigenvalue weighted by Crippen LogP contribution is -2.33. The van der Waals surface area contributed by atoms with Gasteiger partial charge in [0.15, 0.2) is 0 Å². The van der Waals surface area contributed by atoms with Crippen molar-refractivity contribution in [3.8, 4) is 5.75 Å². The molecule has 0 amide bonds. The molecule has 0 heterocycles. The molecular formula is C9H9I2NO3. The summed E-state index contributed by atoms with van der Waals surface area (Å²) in [5, 5.41) is 18.0.